The number of hydrogen-bond acceptors (Lipinski definition) is 3. The highest BCUT2D eigenvalue weighted by Gasteiger charge is 2.08. The second-order valence-electron chi connectivity index (χ2n) is 5.12. The van der Waals surface area contributed by atoms with Crippen LogP contribution in [0.5, 0.6) is 0 Å². The summed E-state index contributed by atoms with van der Waals surface area (Å²) in [4.78, 5) is 17.5. The number of carbonyl (C=O) groups is 1. The number of carbonyl (C=O) groups excluding carboxylic acids is 1. The summed E-state index contributed by atoms with van der Waals surface area (Å²) in [6.45, 7) is 3.87. The number of rotatable bonds is 6. The summed E-state index contributed by atoms with van der Waals surface area (Å²) >= 11 is 7.72. The summed E-state index contributed by atoms with van der Waals surface area (Å²) < 4.78 is 0. The number of halogens is 1. The first kappa shape index (κ1) is 18.3. The molecule has 0 aliphatic rings. The fraction of sp³-hybridized carbons (Fsp3) is 0.294. The number of benzene rings is 1. The molecule has 0 unspecified atom stereocenters. The smallest absolute Gasteiger partial charge is 0.252 e. The number of thiophene rings is 1. The molecule has 0 fully saturated rings. The topological polar surface area (TPSA) is 65.5 Å². The number of guanidine groups is 1. The van der Waals surface area contributed by atoms with Crippen LogP contribution < -0.4 is 16.0 Å². The van der Waals surface area contributed by atoms with Crippen LogP contribution in [0, 0.1) is 6.92 Å². The van der Waals surface area contributed by atoms with E-state index in [2.05, 4.69) is 39.3 Å². The van der Waals surface area contributed by atoms with Gasteiger partial charge in [0, 0.05) is 25.0 Å². The van der Waals surface area contributed by atoms with Crippen LogP contribution in [-0.2, 0) is 6.54 Å². The van der Waals surface area contributed by atoms with Gasteiger partial charge in [-0.25, -0.2) is 0 Å². The molecule has 1 aromatic heterocycles. The van der Waals surface area contributed by atoms with Gasteiger partial charge in [-0.05, 0) is 36.1 Å². The third-order valence-electron chi connectivity index (χ3n) is 3.43. The highest BCUT2D eigenvalue weighted by Crippen LogP contribution is 2.15. The average Bonchev–Trinajstić information content (AvgIpc) is 2.99. The molecule has 2 rings (SSSR count). The Labute approximate surface area is 151 Å². The van der Waals surface area contributed by atoms with Crippen LogP contribution in [0.3, 0.4) is 0 Å². The molecule has 0 saturated carbocycles. The highest BCUT2D eigenvalue weighted by molar-refractivity contribution is 7.10. The fourth-order valence-corrected chi connectivity index (χ4v) is 3.13. The van der Waals surface area contributed by atoms with E-state index in [4.69, 9.17) is 11.6 Å². The second-order valence-corrected chi connectivity index (χ2v) is 6.52. The second kappa shape index (κ2) is 9.30. The lowest BCUT2D eigenvalue weighted by Gasteiger charge is -2.12. The molecule has 1 amide bonds. The van der Waals surface area contributed by atoms with E-state index in [1.54, 1.807) is 42.6 Å². The van der Waals surface area contributed by atoms with Gasteiger partial charge in [0.2, 0.25) is 0 Å². The van der Waals surface area contributed by atoms with E-state index in [-0.39, 0.29) is 5.91 Å². The van der Waals surface area contributed by atoms with Crippen LogP contribution in [-0.4, -0.2) is 32.0 Å². The van der Waals surface area contributed by atoms with Gasteiger partial charge in [-0.3, -0.25) is 9.79 Å². The van der Waals surface area contributed by atoms with Gasteiger partial charge in [0.15, 0.2) is 5.96 Å². The average molecular weight is 365 g/mol. The summed E-state index contributed by atoms with van der Waals surface area (Å²) in [5.74, 6) is 0.523. The summed E-state index contributed by atoms with van der Waals surface area (Å²) in [6, 6.07) is 9.09. The van der Waals surface area contributed by atoms with Crippen LogP contribution in [0.25, 0.3) is 0 Å². The van der Waals surface area contributed by atoms with Crippen molar-refractivity contribution in [2.24, 2.45) is 4.99 Å². The van der Waals surface area contributed by atoms with Crippen molar-refractivity contribution < 1.29 is 4.79 Å². The van der Waals surface area contributed by atoms with E-state index < -0.39 is 0 Å². The molecule has 2 aromatic rings. The first-order valence-electron chi connectivity index (χ1n) is 7.62. The zero-order chi connectivity index (χ0) is 17.4. The highest BCUT2D eigenvalue weighted by atomic mass is 35.5. The number of amides is 1. The fourth-order valence-electron chi connectivity index (χ4n) is 2.07. The normalized spacial score (nSPS) is 11.2. The number of aryl methyl sites for hydroxylation is 1. The molecule has 3 N–H and O–H groups in total. The van der Waals surface area contributed by atoms with Gasteiger partial charge in [-0.1, -0.05) is 23.7 Å². The summed E-state index contributed by atoms with van der Waals surface area (Å²) in [6.07, 6.45) is 0. The lowest BCUT2D eigenvalue weighted by Crippen LogP contribution is -2.41. The van der Waals surface area contributed by atoms with Gasteiger partial charge < -0.3 is 16.0 Å². The molecule has 24 heavy (non-hydrogen) atoms. The number of nitrogens with one attached hydrogen (secondary N) is 3. The van der Waals surface area contributed by atoms with Crippen LogP contribution in [0.4, 0.5) is 0 Å². The molecule has 0 spiro atoms. The molecule has 128 valence electrons. The third kappa shape index (κ3) is 5.25. The van der Waals surface area contributed by atoms with Crippen molar-refractivity contribution in [2.45, 2.75) is 13.5 Å². The lowest BCUT2D eigenvalue weighted by atomic mass is 10.2. The van der Waals surface area contributed by atoms with Crippen molar-refractivity contribution >= 4 is 34.8 Å². The first-order valence-corrected chi connectivity index (χ1v) is 8.87. The molecule has 1 aromatic carbocycles. The maximum atomic E-state index is 12.0. The first-order chi connectivity index (χ1) is 11.6. The maximum absolute atomic E-state index is 12.0. The van der Waals surface area contributed by atoms with Crippen molar-refractivity contribution in [2.75, 3.05) is 20.1 Å². The SMILES string of the molecule is CN=C(NCCNC(=O)c1ccccc1Cl)NCc1sccc1C. The van der Waals surface area contributed by atoms with Crippen LogP contribution in [0.1, 0.15) is 20.8 Å². The zero-order valence-corrected chi connectivity index (χ0v) is 15.3. The Morgan fingerprint density at radius 1 is 1.17 bits per heavy atom. The van der Waals surface area contributed by atoms with E-state index in [0.717, 1.165) is 6.54 Å². The van der Waals surface area contributed by atoms with Gasteiger partial charge in [0.1, 0.15) is 0 Å². The molecule has 5 nitrogen and oxygen atoms in total. The Bertz CT molecular complexity index is 714. The van der Waals surface area contributed by atoms with Gasteiger partial charge in [-0.2, -0.15) is 0 Å². The third-order valence-corrected chi connectivity index (χ3v) is 4.78. The minimum Gasteiger partial charge on any atom is -0.355 e. The zero-order valence-electron chi connectivity index (χ0n) is 13.7. The quantitative estimate of drug-likeness (QED) is 0.419. The minimum atomic E-state index is -0.181. The molecule has 7 heteroatoms. The van der Waals surface area contributed by atoms with Gasteiger partial charge in [0.05, 0.1) is 17.1 Å². The van der Waals surface area contributed by atoms with Crippen molar-refractivity contribution in [1.29, 1.82) is 0 Å². The van der Waals surface area contributed by atoms with Crippen molar-refractivity contribution in [3.05, 3.63) is 56.7 Å². The van der Waals surface area contributed by atoms with E-state index >= 15 is 0 Å². The maximum Gasteiger partial charge on any atom is 0.252 e. The van der Waals surface area contributed by atoms with Crippen LogP contribution in [0.2, 0.25) is 5.02 Å². The molecule has 0 aliphatic heterocycles. The number of hydrogen-bond donors (Lipinski definition) is 3. The van der Waals surface area contributed by atoms with E-state index in [1.165, 1.54) is 10.4 Å². The molecule has 0 bridgehead atoms. The largest absolute Gasteiger partial charge is 0.355 e. The van der Waals surface area contributed by atoms with E-state index in [0.29, 0.717) is 29.6 Å². The van der Waals surface area contributed by atoms with Gasteiger partial charge >= 0.3 is 0 Å². The number of nitrogens with zero attached hydrogens (tertiary/aromatic N) is 1. The predicted octanol–water partition coefficient (Wildman–Crippen LogP) is 2.80. The van der Waals surface area contributed by atoms with Crippen molar-refractivity contribution in [3.63, 3.8) is 0 Å². The molecule has 1 heterocycles. The monoisotopic (exact) mass is 364 g/mol. The Kier molecular flexibility index (Phi) is 7.08. The lowest BCUT2D eigenvalue weighted by molar-refractivity contribution is 0.0954. The van der Waals surface area contributed by atoms with Crippen LogP contribution in [0.15, 0.2) is 40.7 Å². The Balaban J connectivity index is 1.71. The van der Waals surface area contributed by atoms with Crippen molar-refractivity contribution in [1.82, 2.24) is 16.0 Å². The molecule has 0 atom stereocenters. The Morgan fingerprint density at radius 3 is 2.58 bits per heavy atom. The van der Waals surface area contributed by atoms with Gasteiger partial charge in [-0.15, -0.1) is 11.3 Å². The molecular weight excluding hydrogens is 344 g/mol. The Hall–Kier alpha value is -2.05. The molecular formula is C17H21ClN4OS. The van der Waals surface area contributed by atoms with Crippen molar-refractivity contribution in [3.8, 4) is 0 Å². The van der Waals surface area contributed by atoms with Gasteiger partial charge in [0.25, 0.3) is 5.91 Å². The van der Waals surface area contributed by atoms with Crippen LogP contribution >= 0.6 is 22.9 Å². The predicted molar refractivity (Wildman–Crippen MR) is 101 cm³/mol. The summed E-state index contributed by atoms with van der Waals surface area (Å²) in [5, 5.41) is 11.8. The molecule has 0 radical (unpaired) electrons. The van der Waals surface area contributed by atoms with E-state index in [1.807, 2.05) is 0 Å². The standard InChI is InChI=1S/C17H21ClN4OS/c1-12-7-10-24-15(12)11-22-17(19-2)21-9-8-20-16(23)13-5-3-4-6-14(13)18/h3-7,10H,8-9,11H2,1-2H3,(H,20,23)(H2,19,21,22). The summed E-state index contributed by atoms with van der Waals surface area (Å²) in [5.41, 5.74) is 1.75. The summed E-state index contributed by atoms with van der Waals surface area (Å²) in [7, 11) is 1.72. The minimum absolute atomic E-state index is 0.181. The molecule has 0 saturated heterocycles. The van der Waals surface area contributed by atoms with E-state index in [9.17, 15) is 4.79 Å². The Morgan fingerprint density at radius 2 is 1.92 bits per heavy atom. The molecule has 0 aliphatic carbocycles. The number of aliphatic imine (C=N–C) groups is 1.